The molecule has 220 valence electrons. The molecule has 0 aliphatic carbocycles. The number of hydrogen-bond acceptors (Lipinski definition) is 3. The third kappa shape index (κ3) is 15.2. The minimum Gasteiger partial charge on any atom is -0.497 e. The Morgan fingerprint density at radius 1 is 0.615 bits per heavy atom. The molecule has 3 nitrogen and oxygen atoms in total. The molecule has 39 heavy (non-hydrogen) atoms. The molecular weight excluding hydrogens is 565 g/mol. The van der Waals surface area contributed by atoms with E-state index in [4.69, 9.17) is 9.47 Å². The monoisotopic (exact) mass is 616 g/mol. The van der Waals surface area contributed by atoms with Crippen LogP contribution < -0.4 is 9.47 Å². The maximum absolute atomic E-state index is 11.8. The Hall–Kier alpha value is -1.46. The van der Waals surface area contributed by atoms with Crippen LogP contribution in [0.5, 0.6) is 11.5 Å². The third-order valence-corrected chi connectivity index (χ3v) is 14.9. The van der Waals surface area contributed by atoms with Crippen molar-refractivity contribution in [3.8, 4) is 11.5 Å². The molecule has 0 amide bonds. The van der Waals surface area contributed by atoms with Gasteiger partial charge in [-0.25, -0.2) is 0 Å². The first kappa shape index (κ1) is 37.5. The average Bonchev–Trinajstić information content (AvgIpc) is 2.88. The second-order valence-corrected chi connectivity index (χ2v) is 18.8. The number of ketones is 1. The SMILES string of the molecule is CC(C)[PH+](CC[PH+](C(C)C)C(C)C)C(C)C.COc1ccc(/C=C/C(=O)/C=C/c2ccc(OC)cc2)cc1.[Ni]. The average molecular weight is 617 g/mol. The molecule has 0 aliphatic rings. The van der Waals surface area contributed by atoms with E-state index in [1.54, 1.807) is 50.8 Å². The molecule has 0 fully saturated rings. The molecular formula is C33H52NiO3P2+2. The summed E-state index contributed by atoms with van der Waals surface area (Å²) in [5.41, 5.74) is 5.71. The minimum absolute atomic E-state index is 0. The molecule has 0 saturated carbocycles. The van der Waals surface area contributed by atoms with E-state index in [1.165, 1.54) is 0 Å². The zero-order chi connectivity index (χ0) is 28.7. The molecule has 2 aromatic carbocycles. The molecule has 0 radical (unpaired) electrons. The van der Waals surface area contributed by atoms with Crippen molar-refractivity contribution in [3.63, 3.8) is 0 Å². The molecule has 0 aromatic heterocycles. The third-order valence-electron chi connectivity index (χ3n) is 6.78. The van der Waals surface area contributed by atoms with E-state index < -0.39 is 0 Å². The van der Waals surface area contributed by atoms with Gasteiger partial charge in [-0.2, -0.15) is 0 Å². The van der Waals surface area contributed by atoms with Crippen molar-refractivity contribution >= 4 is 33.8 Å². The quantitative estimate of drug-likeness (QED) is 0.128. The maximum atomic E-state index is 11.8. The summed E-state index contributed by atoms with van der Waals surface area (Å²) < 4.78 is 10.2. The summed E-state index contributed by atoms with van der Waals surface area (Å²) in [6.07, 6.45) is 9.76. The van der Waals surface area contributed by atoms with Crippen LogP contribution in [0.1, 0.15) is 66.5 Å². The summed E-state index contributed by atoms with van der Waals surface area (Å²) in [5.74, 6) is 1.53. The topological polar surface area (TPSA) is 35.5 Å². The fourth-order valence-corrected chi connectivity index (χ4v) is 11.9. The molecule has 0 bridgehead atoms. The summed E-state index contributed by atoms with van der Waals surface area (Å²) in [7, 11) is 3.02. The van der Waals surface area contributed by atoms with Gasteiger partial charge in [0.1, 0.15) is 11.5 Å². The van der Waals surface area contributed by atoms with Gasteiger partial charge in [0.05, 0.1) is 49.2 Å². The van der Waals surface area contributed by atoms with Crippen LogP contribution in [0.25, 0.3) is 12.2 Å². The molecule has 0 saturated heterocycles. The van der Waals surface area contributed by atoms with Crippen molar-refractivity contribution in [3.05, 3.63) is 71.8 Å². The number of carbonyl (C=O) groups is 1. The van der Waals surface area contributed by atoms with Crippen LogP contribution in [0.2, 0.25) is 0 Å². The fourth-order valence-electron chi connectivity index (χ4n) is 4.62. The Labute approximate surface area is 251 Å². The van der Waals surface area contributed by atoms with E-state index in [-0.39, 0.29) is 38.1 Å². The number of allylic oxidation sites excluding steroid dienone is 2. The van der Waals surface area contributed by atoms with Gasteiger partial charge in [-0.15, -0.1) is 0 Å². The van der Waals surface area contributed by atoms with Crippen molar-refractivity contribution in [2.75, 3.05) is 26.5 Å². The van der Waals surface area contributed by atoms with Gasteiger partial charge in [-0.1, -0.05) is 36.4 Å². The largest absolute Gasteiger partial charge is 0.497 e. The first-order valence-electron chi connectivity index (χ1n) is 13.9. The number of carbonyl (C=O) groups excluding carboxylic acids is 1. The molecule has 0 unspecified atom stereocenters. The van der Waals surface area contributed by atoms with Gasteiger partial charge in [-0.05, 0) is 103 Å². The number of ether oxygens (including phenoxy) is 2. The van der Waals surface area contributed by atoms with E-state index in [9.17, 15) is 4.79 Å². The number of methoxy groups -OCH3 is 2. The van der Waals surface area contributed by atoms with E-state index in [0.717, 1.165) is 45.3 Å². The van der Waals surface area contributed by atoms with Crippen molar-refractivity contribution in [1.82, 2.24) is 0 Å². The van der Waals surface area contributed by atoms with Crippen LogP contribution >= 0.6 is 15.8 Å². The van der Waals surface area contributed by atoms with E-state index in [0.29, 0.717) is 0 Å². The molecule has 0 N–H and O–H groups in total. The fraction of sp³-hybridized carbons (Fsp3) is 0.485. The smallest absolute Gasteiger partial charge is 0.178 e. The van der Waals surface area contributed by atoms with Crippen LogP contribution in [0.15, 0.2) is 60.7 Å². The summed E-state index contributed by atoms with van der Waals surface area (Å²) in [4.78, 5) is 11.8. The summed E-state index contributed by atoms with van der Waals surface area (Å²) in [6.45, 7) is 19.5. The van der Waals surface area contributed by atoms with Gasteiger partial charge in [0, 0.05) is 32.3 Å². The molecule has 2 aromatic rings. The molecule has 0 spiro atoms. The van der Waals surface area contributed by atoms with Gasteiger partial charge in [-0.3, -0.25) is 4.79 Å². The molecule has 0 heterocycles. The predicted molar refractivity (Wildman–Crippen MR) is 176 cm³/mol. The number of benzene rings is 2. The first-order valence-corrected chi connectivity index (χ1v) is 17.6. The molecule has 6 heteroatoms. The Bertz CT molecular complexity index is 886. The molecule has 2 rings (SSSR count). The Morgan fingerprint density at radius 3 is 1.13 bits per heavy atom. The second-order valence-electron chi connectivity index (χ2n) is 10.9. The van der Waals surface area contributed by atoms with Crippen molar-refractivity contribution < 1.29 is 30.8 Å². The summed E-state index contributed by atoms with van der Waals surface area (Å²) >= 11 is 0. The Balaban J connectivity index is 0.000000762. The molecule has 0 aliphatic heterocycles. The number of rotatable bonds is 13. The standard InChI is InChI=1S/C19H18O3.C14H32P2.Ni/c1-21-18-11-5-15(6-12-18)3-9-17(20)10-4-16-7-13-19(22-2)14-8-16;1-11(2)15(12(3)4)9-10-16(13(5)6)14(7)8;/h3-14H,1-2H3;11-14H,9-10H2,1-8H3;/p+2/b9-3+,10-4+;;. The zero-order valence-corrected chi connectivity index (χ0v) is 28.7. The van der Waals surface area contributed by atoms with Gasteiger partial charge in [0.15, 0.2) is 5.78 Å². The van der Waals surface area contributed by atoms with Gasteiger partial charge >= 0.3 is 0 Å². The van der Waals surface area contributed by atoms with Crippen molar-refractivity contribution in [2.45, 2.75) is 78.0 Å². The summed E-state index contributed by atoms with van der Waals surface area (Å²) in [6, 6.07) is 15.0. The molecule has 0 atom stereocenters. The van der Waals surface area contributed by atoms with Crippen LogP contribution in [0.4, 0.5) is 0 Å². The summed E-state index contributed by atoms with van der Waals surface area (Å²) in [5, 5.41) is 0. The normalized spacial score (nSPS) is 11.6. The first-order chi connectivity index (χ1) is 18.0. The van der Waals surface area contributed by atoms with Crippen LogP contribution in [-0.2, 0) is 21.3 Å². The van der Waals surface area contributed by atoms with Gasteiger partial charge in [0.25, 0.3) is 0 Å². The van der Waals surface area contributed by atoms with Gasteiger partial charge in [0.2, 0.25) is 0 Å². The van der Waals surface area contributed by atoms with Crippen molar-refractivity contribution in [1.29, 1.82) is 0 Å². The Morgan fingerprint density at radius 2 is 0.897 bits per heavy atom. The van der Waals surface area contributed by atoms with Crippen molar-refractivity contribution in [2.24, 2.45) is 0 Å². The van der Waals surface area contributed by atoms with Crippen LogP contribution in [0.3, 0.4) is 0 Å². The van der Waals surface area contributed by atoms with E-state index in [2.05, 4.69) is 55.4 Å². The maximum Gasteiger partial charge on any atom is 0.178 e. The van der Waals surface area contributed by atoms with Crippen LogP contribution in [0, 0.1) is 0 Å². The zero-order valence-electron chi connectivity index (χ0n) is 25.7. The van der Waals surface area contributed by atoms with Gasteiger partial charge < -0.3 is 9.47 Å². The van der Waals surface area contributed by atoms with E-state index >= 15 is 0 Å². The number of hydrogen-bond donors (Lipinski definition) is 0. The van der Waals surface area contributed by atoms with Crippen LogP contribution in [-0.4, -0.2) is 55.0 Å². The second kappa shape index (κ2) is 20.4. The predicted octanol–water partition coefficient (Wildman–Crippen LogP) is 9.05. The minimum atomic E-state index is -0.114. The van der Waals surface area contributed by atoms with E-state index in [1.807, 2.05) is 48.5 Å². The Kier molecular flexibility index (Phi) is 19.7.